The standard InChI is InChI=1S/C17H24N2O2S/c1-12-5-8-22-15(12)16-18-14(13(2)21-16)9-19-7-4-6-17(3,10-19)11-20/h5,8,20H,4,6-7,9-11H2,1-3H3/t17-/m1/s1. The van der Waals surface area contributed by atoms with E-state index in [1.807, 2.05) is 6.92 Å². The van der Waals surface area contributed by atoms with Crippen LogP contribution >= 0.6 is 11.3 Å². The summed E-state index contributed by atoms with van der Waals surface area (Å²) in [5.41, 5.74) is 2.25. The maximum Gasteiger partial charge on any atom is 0.237 e. The van der Waals surface area contributed by atoms with Gasteiger partial charge in [-0.1, -0.05) is 6.92 Å². The summed E-state index contributed by atoms with van der Waals surface area (Å²) >= 11 is 1.67. The molecule has 1 N–H and O–H groups in total. The fourth-order valence-electron chi connectivity index (χ4n) is 3.17. The minimum Gasteiger partial charge on any atom is -0.440 e. The normalized spacial score (nSPS) is 23.1. The molecule has 3 heterocycles. The molecule has 5 heteroatoms. The first-order valence-electron chi connectivity index (χ1n) is 7.85. The molecule has 1 atom stereocenters. The lowest BCUT2D eigenvalue weighted by Gasteiger charge is -2.39. The molecule has 0 spiro atoms. The number of hydrogen-bond donors (Lipinski definition) is 1. The fraction of sp³-hybridized carbons (Fsp3) is 0.588. The van der Waals surface area contributed by atoms with Crippen molar-refractivity contribution in [1.29, 1.82) is 0 Å². The van der Waals surface area contributed by atoms with Gasteiger partial charge in [-0.3, -0.25) is 4.90 Å². The molecule has 22 heavy (non-hydrogen) atoms. The Labute approximate surface area is 135 Å². The highest BCUT2D eigenvalue weighted by Crippen LogP contribution is 2.32. The van der Waals surface area contributed by atoms with Crippen molar-refractivity contribution in [2.45, 2.75) is 40.2 Å². The molecule has 1 saturated heterocycles. The fourth-order valence-corrected chi connectivity index (χ4v) is 4.02. The average Bonchev–Trinajstić information content (AvgIpc) is 3.06. The summed E-state index contributed by atoms with van der Waals surface area (Å²) in [6.45, 7) is 9.27. The van der Waals surface area contributed by atoms with Gasteiger partial charge in [-0.15, -0.1) is 11.3 Å². The number of aromatic nitrogens is 1. The molecular weight excluding hydrogens is 296 g/mol. The van der Waals surface area contributed by atoms with Crippen molar-refractivity contribution >= 4 is 11.3 Å². The number of thiophene rings is 1. The summed E-state index contributed by atoms with van der Waals surface area (Å²) in [6, 6.07) is 2.09. The summed E-state index contributed by atoms with van der Waals surface area (Å²) in [4.78, 5) is 8.22. The van der Waals surface area contributed by atoms with Gasteiger partial charge in [0.2, 0.25) is 5.89 Å². The third-order valence-electron chi connectivity index (χ3n) is 4.56. The van der Waals surface area contributed by atoms with Crippen LogP contribution in [0.25, 0.3) is 10.8 Å². The zero-order valence-corrected chi connectivity index (χ0v) is 14.4. The topological polar surface area (TPSA) is 49.5 Å². The molecule has 2 aromatic rings. The summed E-state index contributed by atoms with van der Waals surface area (Å²) in [7, 11) is 0. The Hall–Kier alpha value is -1.17. The first-order valence-corrected chi connectivity index (χ1v) is 8.73. The van der Waals surface area contributed by atoms with Gasteiger partial charge in [0, 0.05) is 25.1 Å². The summed E-state index contributed by atoms with van der Waals surface area (Å²) in [5, 5.41) is 11.7. The predicted molar refractivity (Wildman–Crippen MR) is 89.0 cm³/mol. The second-order valence-corrected chi connectivity index (χ2v) is 7.65. The highest BCUT2D eigenvalue weighted by atomic mass is 32.1. The van der Waals surface area contributed by atoms with Crippen molar-refractivity contribution in [3.05, 3.63) is 28.5 Å². The van der Waals surface area contributed by atoms with Crippen molar-refractivity contribution < 1.29 is 9.52 Å². The van der Waals surface area contributed by atoms with E-state index in [1.54, 1.807) is 11.3 Å². The van der Waals surface area contributed by atoms with E-state index in [0.717, 1.165) is 54.7 Å². The van der Waals surface area contributed by atoms with Gasteiger partial charge < -0.3 is 9.52 Å². The third kappa shape index (κ3) is 3.12. The van der Waals surface area contributed by atoms with Crippen LogP contribution in [-0.4, -0.2) is 34.7 Å². The highest BCUT2D eigenvalue weighted by molar-refractivity contribution is 7.13. The van der Waals surface area contributed by atoms with E-state index in [1.165, 1.54) is 5.56 Å². The Morgan fingerprint density at radius 2 is 2.27 bits per heavy atom. The van der Waals surface area contributed by atoms with Gasteiger partial charge in [-0.2, -0.15) is 0 Å². The molecule has 0 radical (unpaired) electrons. The number of likely N-dealkylation sites (tertiary alicyclic amines) is 1. The quantitative estimate of drug-likeness (QED) is 0.935. The van der Waals surface area contributed by atoms with E-state index >= 15 is 0 Å². The van der Waals surface area contributed by atoms with Crippen LogP contribution in [0.15, 0.2) is 15.9 Å². The van der Waals surface area contributed by atoms with Crippen LogP contribution in [-0.2, 0) is 6.54 Å². The molecule has 3 rings (SSSR count). The van der Waals surface area contributed by atoms with Crippen LogP contribution < -0.4 is 0 Å². The van der Waals surface area contributed by atoms with E-state index < -0.39 is 0 Å². The number of nitrogens with zero attached hydrogens (tertiary/aromatic N) is 2. The van der Waals surface area contributed by atoms with Crippen molar-refractivity contribution in [3.63, 3.8) is 0 Å². The maximum atomic E-state index is 9.59. The molecule has 0 aliphatic carbocycles. The molecule has 1 aliphatic rings. The van der Waals surface area contributed by atoms with Gasteiger partial charge in [0.25, 0.3) is 0 Å². The molecule has 0 unspecified atom stereocenters. The van der Waals surface area contributed by atoms with Crippen LogP contribution in [0, 0.1) is 19.3 Å². The van der Waals surface area contributed by atoms with Crippen molar-refractivity contribution in [3.8, 4) is 10.8 Å². The second kappa shape index (κ2) is 6.14. The molecule has 0 saturated carbocycles. The second-order valence-electron chi connectivity index (χ2n) is 6.74. The summed E-state index contributed by atoms with van der Waals surface area (Å²) < 4.78 is 5.88. The number of oxazole rings is 1. The molecule has 1 aliphatic heterocycles. The lowest BCUT2D eigenvalue weighted by molar-refractivity contribution is 0.0422. The van der Waals surface area contributed by atoms with Crippen LogP contribution in [0.2, 0.25) is 0 Å². The van der Waals surface area contributed by atoms with Gasteiger partial charge in [0.1, 0.15) is 5.76 Å². The Balaban J connectivity index is 1.76. The van der Waals surface area contributed by atoms with E-state index in [4.69, 9.17) is 9.40 Å². The van der Waals surface area contributed by atoms with Crippen LogP contribution in [0.1, 0.15) is 36.8 Å². The van der Waals surface area contributed by atoms with Crippen molar-refractivity contribution in [1.82, 2.24) is 9.88 Å². The lowest BCUT2D eigenvalue weighted by atomic mass is 9.83. The van der Waals surface area contributed by atoms with Gasteiger partial charge >= 0.3 is 0 Å². The predicted octanol–water partition coefficient (Wildman–Crippen LogP) is 3.61. The summed E-state index contributed by atoms with van der Waals surface area (Å²) in [6.07, 6.45) is 2.22. The van der Waals surface area contributed by atoms with E-state index in [9.17, 15) is 5.11 Å². The minimum atomic E-state index is 0.0169. The van der Waals surface area contributed by atoms with Crippen molar-refractivity contribution in [2.24, 2.45) is 5.41 Å². The largest absolute Gasteiger partial charge is 0.440 e. The third-order valence-corrected chi connectivity index (χ3v) is 5.57. The highest BCUT2D eigenvalue weighted by Gasteiger charge is 2.31. The van der Waals surface area contributed by atoms with E-state index in [-0.39, 0.29) is 12.0 Å². The smallest absolute Gasteiger partial charge is 0.237 e. The monoisotopic (exact) mass is 320 g/mol. The van der Waals surface area contributed by atoms with Gasteiger partial charge in [0.15, 0.2) is 0 Å². The lowest BCUT2D eigenvalue weighted by Crippen LogP contribution is -2.43. The number of piperidine rings is 1. The van der Waals surface area contributed by atoms with Crippen LogP contribution in [0.3, 0.4) is 0 Å². The molecule has 120 valence electrons. The van der Waals surface area contributed by atoms with Gasteiger partial charge in [0.05, 0.1) is 10.6 Å². The molecule has 4 nitrogen and oxygen atoms in total. The van der Waals surface area contributed by atoms with Crippen LogP contribution in [0.4, 0.5) is 0 Å². The number of aryl methyl sites for hydroxylation is 2. The molecule has 0 amide bonds. The van der Waals surface area contributed by atoms with Gasteiger partial charge in [-0.05, 0) is 50.2 Å². The van der Waals surface area contributed by atoms with E-state index in [0.29, 0.717) is 0 Å². The number of aliphatic hydroxyl groups is 1. The number of rotatable bonds is 4. The molecule has 2 aromatic heterocycles. The Bertz CT molecular complexity index is 649. The summed E-state index contributed by atoms with van der Waals surface area (Å²) in [5.74, 6) is 1.64. The Morgan fingerprint density at radius 3 is 2.95 bits per heavy atom. The Kier molecular flexibility index (Phi) is 4.39. The minimum absolute atomic E-state index is 0.0169. The maximum absolute atomic E-state index is 9.59. The average molecular weight is 320 g/mol. The zero-order chi connectivity index (χ0) is 15.7. The van der Waals surface area contributed by atoms with Crippen LogP contribution in [0.5, 0.6) is 0 Å². The molecule has 1 fully saturated rings. The van der Waals surface area contributed by atoms with Crippen molar-refractivity contribution in [2.75, 3.05) is 19.7 Å². The number of hydrogen-bond acceptors (Lipinski definition) is 5. The zero-order valence-electron chi connectivity index (χ0n) is 13.6. The molecule has 0 aromatic carbocycles. The molecule has 0 bridgehead atoms. The SMILES string of the molecule is Cc1ccsc1-c1nc(CN2CCC[C@@](C)(CO)C2)c(C)o1. The number of aliphatic hydroxyl groups excluding tert-OH is 1. The molecular formula is C17H24N2O2S. The van der Waals surface area contributed by atoms with E-state index in [2.05, 4.69) is 30.2 Å². The Morgan fingerprint density at radius 1 is 1.45 bits per heavy atom. The van der Waals surface area contributed by atoms with Gasteiger partial charge in [-0.25, -0.2) is 4.98 Å². The first kappa shape index (κ1) is 15.7. The first-order chi connectivity index (χ1) is 10.5.